The van der Waals surface area contributed by atoms with Gasteiger partial charge in [-0.05, 0) is 25.7 Å². The molecule has 0 unspecified atom stereocenters. The highest BCUT2D eigenvalue weighted by Crippen LogP contribution is 2.41. The lowest BCUT2D eigenvalue weighted by Crippen LogP contribution is -2.17. The smallest absolute Gasteiger partial charge is 0.376 e. The van der Waals surface area contributed by atoms with Gasteiger partial charge in [0.1, 0.15) is 0 Å². The first-order chi connectivity index (χ1) is 8.98. The van der Waals surface area contributed by atoms with Gasteiger partial charge in [-0.25, -0.2) is 9.78 Å². The predicted octanol–water partition coefficient (Wildman–Crippen LogP) is 3.81. The second kappa shape index (κ2) is 5.35. The third-order valence-corrected chi connectivity index (χ3v) is 3.88. The molecule has 4 nitrogen and oxygen atoms in total. The first-order valence-corrected chi connectivity index (χ1v) is 7.16. The summed E-state index contributed by atoms with van der Waals surface area (Å²) >= 11 is 0. The molecule has 4 heteroatoms. The average molecular weight is 265 g/mol. The Hall–Kier alpha value is -1.32. The fraction of sp³-hybridized carbons (Fsp3) is 0.733. The van der Waals surface area contributed by atoms with E-state index in [9.17, 15) is 4.79 Å². The fourth-order valence-corrected chi connectivity index (χ4v) is 2.69. The van der Waals surface area contributed by atoms with E-state index in [0.717, 1.165) is 18.5 Å². The first-order valence-electron chi connectivity index (χ1n) is 7.16. The molecule has 2 rings (SSSR count). The van der Waals surface area contributed by atoms with E-state index in [4.69, 9.17) is 9.15 Å². The summed E-state index contributed by atoms with van der Waals surface area (Å²) in [6.07, 6.45) is 4.55. The van der Waals surface area contributed by atoms with Gasteiger partial charge in [0, 0.05) is 5.41 Å². The lowest BCUT2D eigenvalue weighted by molar-refractivity contribution is 0.0483. The summed E-state index contributed by atoms with van der Waals surface area (Å²) in [5.74, 6) is 0.755. The van der Waals surface area contributed by atoms with Crippen LogP contribution in [-0.4, -0.2) is 17.6 Å². The molecule has 0 radical (unpaired) electrons. The molecule has 1 heterocycles. The standard InChI is InChI=1S/C15H23NO3/c1-5-18-13(17)12-11(10(2)3)16-14(19-12)15(4)8-6-7-9-15/h10H,5-9H2,1-4H3. The van der Waals surface area contributed by atoms with Crippen LogP contribution in [0.5, 0.6) is 0 Å². The second-order valence-electron chi connectivity index (χ2n) is 5.88. The molecule has 0 aliphatic heterocycles. The maximum atomic E-state index is 11.9. The Balaban J connectivity index is 2.37. The molecule has 0 spiro atoms. The van der Waals surface area contributed by atoms with Gasteiger partial charge in [-0.15, -0.1) is 0 Å². The highest BCUT2D eigenvalue weighted by molar-refractivity contribution is 5.87. The normalized spacial score (nSPS) is 17.9. The van der Waals surface area contributed by atoms with Crippen molar-refractivity contribution < 1.29 is 13.9 Å². The van der Waals surface area contributed by atoms with Crippen LogP contribution in [0.4, 0.5) is 0 Å². The highest BCUT2D eigenvalue weighted by atomic mass is 16.5. The topological polar surface area (TPSA) is 52.3 Å². The fourth-order valence-electron chi connectivity index (χ4n) is 2.69. The summed E-state index contributed by atoms with van der Waals surface area (Å²) in [6, 6.07) is 0. The van der Waals surface area contributed by atoms with Crippen molar-refractivity contribution in [2.24, 2.45) is 0 Å². The molecule has 19 heavy (non-hydrogen) atoms. The third kappa shape index (κ3) is 2.67. The van der Waals surface area contributed by atoms with Crippen molar-refractivity contribution in [3.8, 4) is 0 Å². The molecule has 1 aromatic rings. The summed E-state index contributed by atoms with van der Waals surface area (Å²) in [7, 11) is 0. The Morgan fingerprint density at radius 3 is 2.58 bits per heavy atom. The lowest BCUT2D eigenvalue weighted by atomic mass is 9.89. The SMILES string of the molecule is CCOC(=O)c1oc(C2(C)CCCC2)nc1C(C)C. The Morgan fingerprint density at radius 1 is 1.42 bits per heavy atom. The number of esters is 1. The maximum absolute atomic E-state index is 11.9. The van der Waals surface area contributed by atoms with E-state index in [1.54, 1.807) is 6.92 Å². The van der Waals surface area contributed by atoms with E-state index in [1.165, 1.54) is 12.8 Å². The lowest BCUT2D eigenvalue weighted by Gasteiger charge is -2.18. The molecule has 0 atom stereocenters. The van der Waals surface area contributed by atoms with Gasteiger partial charge < -0.3 is 9.15 Å². The highest BCUT2D eigenvalue weighted by Gasteiger charge is 2.37. The number of hydrogen-bond donors (Lipinski definition) is 0. The van der Waals surface area contributed by atoms with Crippen LogP contribution in [0, 0.1) is 0 Å². The zero-order valence-electron chi connectivity index (χ0n) is 12.3. The van der Waals surface area contributed by atoms with Gasteiger partial charge in [0.15, 0.2) is 0 Å². The molecule has 106 valence electrons. The molecule has 1 aliphatic carbocycles. The summed E-state index contributed by atoms with van der Waals surface area (Å²) < 4.78 is 10.8. The van der Waals surface area contributed by atoms with Crippen molar-refractivity contribution in [3.63, 3.8) is 0 Å². The summed E-state index contributed by atoms with van der Waals surface area (Å²) in [5.41, 5.74) is 0.704. The van der Waals surface area contributed by atoms with E-state index in [2.05, 4.69) is 11.9 Å². The molecular weight excluding hydrogens is 242 g/mol. The Kier molecular flexibility index (Phi) is 3.97. The van der Waals surface area contributed by atoms with E-state index >= 15 is 0 Å². The van der Waals surface area contributed by atoms with Crippen LogP contribution in [0.15, 0.2) is 4.42 Å². The summed E-state index contributed by atoms with van der Waals surface area (Å²) in [4.78, 5) is 16.5. The minimum absolute atomic E-state index is 0.0195. The summed E-state index contributed by atoms with van der Waals surface area (Å²) in [6.45, 7) is 8.35. The molecular formula is C15H23NO3. The van der Waals surface area contributed by atoms with Crippen LogP contribution in [0.2, 0.25) is 0 Å². The number of hydrogen-bond acceptors (Lipinski definition) is 4. The van der Waals surface area contributed by atoms with Crippen molar-refractivity contribution in [2.75, 3.05) is 6.61 Å². The zero-order chi connectivity index (χ0) is 14.0. The van der Waals surface area contributed by atoms with Gasteiger partial charge in [0.25, 0.3) is 0 Å². The number of ether oxygens (including phenoxy) is 1. The number of aromatic nitrogens is 1. The Morgan fingerprint density at radius 2 is 2.05 bits per heavy atom. The third-order valence-electron chi connectivity index (χ3n) is 3.88. The van der Waals surface area contributed by atoms with Crippen molar-refractivity contribution in [2.45, 2.75) is 64.7 Å². The quantitative estimate of drug-likeness (QED) is 0.777. The monoisotopic (exact) mass is 265 g/mol. The molecule has 0 amide bonds. The van der Waals surface area contributed by atoms with E-state index < -0.39 is 5.97 Å². The number of rotatable bonds is 4. The van der Waals surface area contributed by atoms with Crippen LogP contribution in [-0.2, 0) is 10.2 Å². The van der Waals surface area contributed by atoms with E-state index in [1.807, 2.05) is 13.8 Å². The van der Waals surface area contributed by atoms with Crippen LogP contribution in [0.3, 0.4) is 0 Å². The number of oxazole rings is 1. The number of carbonyl (C=O) groups excluding carboxylic acids is 1. The van der Waals surface area contributed by atoms with Gasteiger partial charge in [0.05, 0.1) is 12.3 Å². The molecule has 1 fully saturated rings. The molecule has 1 aliphatic rings. The summed E-state index contributed by atoms with van der Waals surface area (Å²) in [5, 5.41) is 0. The maximum Gasteiger partial charge on any atom is 0.376 e. The second-order valence-corrected chi connectivity index (χ2v) is 5.88. The van der Waals surface area contributed by atoms with E-state index in [-0.39, 0.29) is 11.3 Å². The minimum atomic E-state index is -0.397. The number of carbonyl (C=O) groups is 1. The van der Waals surface area contributed by atoms with Gasteiger partial charge in [-0.1, -0.05) is 33.6 Å². The van der Waals surface area contributed by atoms with Crippen molar-refractivity contribution in [1.82, 2.24) is 4.98 Å². The Bertz CT molecular complexity index is 456. The minimum Gasteiger partial charge on any atom is -0.460 e. The van der Waals surface area contributed by atoms with Crippen LogP contribution in [0.25, 0.3) is 0 Å². The van der Waals surface area contributed by atoms with Gasteiger partial charge in [0.2, 0.25) is 11.7 Å². The van der Waals surface area contributed by atoms with E-state index in [0.29, 0.717) is 18.3 Å². The first kappa shape index (κ1) is 14.1. The molecule has 0 saturated heterocycles. The van der Waals surface area contributed by atoms with Gasteiger partial charge in [-0.3, -0.25) is 0 Å². The molecule has 0 N–H and O–H groups in total. The van der Waals surface area contributed by atoms with Crippen LogP contribution >= 0.6 is 0 Å². The van der Waals surface area contributed by atoms with Crippen molar-refractivity contribution in [1.29, 1.82) is 0 Å². The van der Waals surface area contributed by atoms with Gasteiger partial charge in [-0.2, -0.15) is 0 Å². The number of nitrogens with zero attached hydrogens (tertiary/aromatic N) is 1. The molecule has 0 bridgehead atoms. The average Bonchev–Trinajstić information content (AvgIpc) is 2.96. The largest absolute Gasteiger partial charge is 0.460 e. The predicted molar refractivity (Wildman–Crippen MR) is 72.4 cm³/mol. The van der Waals surface area contributed by atoms with Crippen LogP contribution in [0.1, 0.15) is 81.4 Å². The molecule has 0 aromatic carbocycles. The van der Waals surface area contributed by atoms with Crippen LogP contribution < -0.4 is 0 Å². The van der Waals surface area contributed by atoms with Crippen molar-refractivity contribution in [3.05, 3.63) is 17.3 Å². The Labute approximate surface area is 114 Å². The molecule has 1 aromatic heterocycles. The molecule has 1 saturated carbocycles. The zero-order valence-corrected chi connectivity index (χ0v) is 12.3. The van der Waals surface area contributed by atoms with Crippen molar-refractivity contribution >= 4 is 5.97 Å². The van der Waals surface area contributed by atoms with Gasteiger partial charge >= 0.3 is 5.97 Å².